The summed E-state index contributed by atoms with van der Waals surface area (Å²) in [6.45, 7) is -5.19. The largest absolute Gasteiger partial charge is 1.00 e. The Kier molecular flexibility index (Phi) is 7.78. The molecular formula is C14H12BClF3KO2. The van der Waals surface area contributed by atoms with Crippen LogP contribution in [-0.4, -0.2) is 14.1 Å². The molecule has 0 spiro atoms. The second kappa shape index (κ2) is 8.61. The zero-order valence-corrected chi connectivity index (χ0v) is 16.0. The van der Waals surface area contributed by atoms with E-state index >= 15 is 0 Å². The molecule has 22 heavy (non-hydrogen) atoms. The Morgan fingerprint density at radius 1 is 1.05 bits per heavy atom. The topological polar surface area (TPSA) is 18.5 Å². The van der Waals surface area contributed by atoms with Gasteiger partial charge in [-0.25, -0.2) is 0 Å². The molecule has 0 aliphatic rings. The van der Waals surface area contributed by atoms with Crippen LogP contribution in [0.1, 0.15) is 5.56 Å². The van der Waals surface area contributed by atoms with Crippen LogP contribution >= 0.6 is 11.6 Å². The summed E-state index contributed by atoms with van der Waals surface area (Å²) in [5.41, 5.74) is -0.173. The van der Waals surface area contributed by atoms with Crippen molar-refractivity contribution in [2.75, 3.05) is 7.11 Å². The summed E-state index contributed by atoms with van der Waals surface area (Å²) >= 11 is 5.87. The third-order valence-corrected chi connectivity index (χ3v) is 3.13. The Hall–Kier alpha value is -0.179. The van der Waals surface area contributed by atoms with Crippen molar-refractivity contribution in [3.8, 4) is 11.5 Å². The molecule has 112 valence electrons. The van der Waals surface area contributed by atoms with Gasteiger partial charge in [-0.2, -0.15) is 0 Å². The molecule has 0 aromatic heterocycles. The van der Waals surface area contributed by atoms with E-state index in [1.165, 1.54) is 25.3 Å². The van der Waals surface area contributed by atoms with Crippen molar-refractivity contribution in [2.45, 2.75) is 6.61 Å². The summed E-state index contributed by atoms with van der Waals surface area (Å²) in [6.07, 6.45) is 0. The summed E-state index contributed by atoms with van der Waals surface area (Å²) < 4.78 is 49.2. The predicted molar refractivity (Wildman–Crippen MR) is 77.5 cm³/mol. The fourth-order valence-electron chi connectivity index (χ4n) is 1.90. The van der Waals surface area contributed by atoms with Gasteiger partial charge in [0.25, 0.3) is 0 Å². The van der Waals surface area contributed by atoms with E-state index in [4.69, 9.17) is 21.1 Å². The minimum atomic E-state index is -5.12. The van der Waals surface area contributed by atoms with E-state index in [0.29, 0.717) is 16.3 Å². The molecule has 0 amide bonds. The van der Waals surface area contributed by atoms with Crippen LogP contribution in [0, 0.1) is 0 Å². The number of rotatable bonds is 5. The van der Waals surface area contributed by atoms with Crippen LogP contribution in [0.3, 0.4) is 0 Å². The second-order valence-electron chi connectivity index (χ2n) is 4.36. The second-order valence-corrected chi connectivity index (χ2v) is 4.79. The van der Waals surface area contributed by atoms with E-state index in [1.807, 2.05) is 0 Å². The van der Waals surface area contributed by atoms with E-state index < -0.39 is 12.4 Å². The van der Waals surface area contributed by atoms with Crippen molar-refractivity contribution in [3.63, 3.8) is 0 Å². The smallest absolute Gasteiger partial charge is 0.496 e. The van der Waals surface area contributed by atoms with Gasteiger partial charge in [-0.1, -0.05) is 35.3 Å². The first-order valence-electron chi connectivity index (χ1n) is 6.16. The molecule has 0 N–H and O–H groups in total. The number of benzene rings is 2. The van der Waals surface area contributed by atoms with Gasteiger partial charge in [0.2, 0.25) is 0 Å². The average molecular weight is 355 g/mol. The Bertz CT molecular complexity index is 638. The molecule has 0 unspecified atom stereocenters. The maximum Gasteiger partial charge on any atom is 1.00 e. The van der Waals surface area contributed by atoms with Gasteiger partial charge in [-0.05, 0) is 24.3 Å². The van der Waals surface area contributed by atoms with Crippen LogP contribution in [0.15, 0.2) is 42.5 Å². The van der Waals surface area contributed by atoms with Gasteiger partial charge >= 0.3 is 58.4 Å². The molecule has 2 aromatic carbocycles. The number of ether oxygens (including phenoxy) is 2. The van der Waals surface area contributed by atoms with Crippen molar-refractivity contribution in [2.24, 2.45) is 0 Å². The van der Waals surface area contributed by atoms with Gasteiger partial charge < -0.3 is 22.4 Å². The molecule has 0 saturated carbocycles. The molecule has 0 atom stereocenters. The Morgan fingerprint density at radius 2 is 1.73 bits per heavy atom. The van der Waals surface area contributed by atoms with E-state index in [2.05, 4.69) is 0 Å². The number of hydrogen-bond acceptors (Lipinski definition) is 2. The van der Waals surface area contributed by atoms with Gasteiger partial charge in [0.15, 0.2) is 0 Å². The summed E-state index contributed by atoms with van der Waals surface area (Å²) in [5, 5.41) is 0.461. The Labute approximate surface area is 174 Å². The molecule has 0 aliphatic carbocycles. The maximum atomic E-state index is 12.9. The Morgan fingerprint density at radius 3 is 2.36 bits per heavy atom. The van der Waals surface area contributed by atoms with Gasteiger partial charge in [0.05, 0.1) is 12.9 Å². The van der Waals surface area contributed by atoms with Crippen molar-refractivity contribution in [1.82, 2.24) is 0 Å². The van der Waals surface area contributed by atoms with Gasteiger partial charge in [-0.15, -0.1) is 0 Å². The minimum Gasteiger partial charge on any atom is -0.496 e. The molecule has 0 fully saturated rings. The van der Waals surface area contributed by atoms with Gasteiger partial charge in [0, 0.05) is 10.6 Å². The standard InChI is InChI=1S/C14H12BClF3O2.K/c1-20-13-7-6-11(16)8-10(13)9-21-14-5-3-2-4-12(14)15(17,18)19;/h2-8H,9H2,1H3;/q-1;+1. The molecule has 0 heterocycles. The maximum absolute atomic E-state index is 12.9. The van der Waals surface area contributed by atoms with Crippen LogP contribution in [0.5, 0.6) is 11.5 Å². The first kappa shape index (κ1) is 19.9. The summed E-state index contributed by atoms with van der Waals surface area (Å²) in [5.74, 6) is 0.307. The van der Waals surface area contributed by atoms with E-state index in [9.17, 15) is 12.9 Å². The summed E-state index contributed by atoms with van der Waals surface area (Å²) in [7, 11) is 1.47. The van der Waals surface area contributed by atoms with Crippen molar-refractivity contribution in [1.29, 1.82) is 0 Å². The van der Waals surface area contributed by atoms with Crippen LogP contribution in [0.25, 0.3) is 0 Å². The average Bonchev–Trinajstić information content (AvgIpc) is 2.44. The molecule has 0 bridgehead atoms. The molecule has 0 aliphatic heterocycles. The normalized spacial score (nSPS) is 10.8. The summed E-state index contributed by atoms with van der Waals surface area (Å²) in [6, 6.07) is 10.00. The number of hydrogen-bond donors (Lipinski definition) is 0. The van der Waals surface area contributed by atoms with Crippen molar-refractivity contribution < 1.29 is 73.8 Å². The molecule has 0 saturated heterocycles. The van der Waals surface area contributed by atoms with Crippen LogP contribution < -0.4 is 66.3 Å². The Balaban J connectivity index is 0.00000242. The monoisotopic (exact) mass is 354 g/mol. The van der Waals surface area contributed by atoms with Crippen LogP contribution in [0.4, 0.5) is 12.9 Å². The predicted octanol–water partition coefficient (Wildman–Crippen LogP) is 0.986. The third-order valence-electron chi connectivity index (χ3n) is 2.90. The van der Waals surface area contributed by atoms with Gasteiger partial charge in [0.1, 0.15) is 12.4 Å². The third kappa shape index (κ3) is 5.18. The number of methoxy groups -OCH3 is 1. The van der Waals surface area contributed by atoms with E-state index in [0.717, 1.165) is 6.07 Å². The fourth-order valence-corrected chi connectivity index (χ4v) is 2.09. The van der Waals surface area contributed by atoms with E-state index in [1.54, 1.807) is 18.2 Å². The molecule has 0 radical (unpaired) electrons. The fraction of sp³-hybridized carbons (Fsp3) is 0.143. The quantitative estimate of drug-likeness (QED) is 0.746. The van der Waals surface area contributed by atoms with Crippen molar-refractivity contribution >= 4 is 24.0 Å². The zero-order chi connectivity index (χ0) is 15.5. The summed E-state index contributed by atoms with van der Waals surface area (Å²) in [4.78, 5) is 0. The molecule has 2 aromatic rings. The molecule has 2 rings (SSSR count). The van der Waals surface area contributed by atoms with Crippen molar-refractivity contribution in [3.05, 3.63) is 53.1 Å². The zero-order valence-electron chi connectivity index (χ0n) is 12.2. The first-order chi connectivity index (χ1) is 9.91. The van der Waals surface area contributed by atoms with E-state index in [-0.39, 0.29) is 63.7 Å². The molecular weight excluding hydrogens is 343 g/mol. The molecule has 8 heteroatoms. The van der Waals surface area contributed by atoms with Crippen LogP contribution in [-0.2, 0) is 6.61 Å². The minimum absolute atomic E-state index is 0. The van der Waals surface area contributed by atoms with Crippen LogP contribution in [0.2, 0.25) is 5.02 Å². The first-order valence-corrected chi connectivity index (χ1v) is 6.53. The number of para-hydroxylation sites is 1. The van der Waals surface area contributed by atoms with Gasteiger partial charge in [-0.3, -0.25) is 0 Å². The number of halogens is 4. The SMILES string of the molecule is COc1ccc(Cl)cc1COc1ccccc1[B-](F)(F)F.[K+]. The molecule has 2 nitrogen and oxygen atoms in total.